The van der Waals surface area contributed by atoms with Crippen LogP contribution in [0.4, 0.5) is 0 Å². The third kappa shape index (κ3) is 2.77. The average Bonchev–Trinajstić information content (AvgIpc) is 2.47. The predicted molar refractivity (Wildman–Crippen MR) is 82.7 cm³/mol. The Morgan fingerprint density at radius 1 is 1.14 bits per heavy atom. The highest BCUT2D eigenvalue weighted by atomic mass is 16.4. The summed E-state index contributed by atoms with van der Waals surface area (Å²) in [5.41, 5.74) is 4.42. The summed E-state index contributed by atoms with van der Waals surface area (Å²) in [6, 6.07) is 15.4. The van der Waals surface area contributed by atoms with Gasteiger partial charge in [0.1, 0.15) is 0 Å². The van der Waals surface area contributed by atoms with Gasteiger partial charge in [-0.25, -0.2) is 4.79 Å². The maximum absolute atomic E-state index is 11.2. The van der Waals surface area contributed by atoms with E-state index in [1.807, 2.05) is 43.3 Å². The average molecular weight is 277 g/mol. The van der Waals surface area contributed by atoms with E-state index in [-0.39, 0.29) is 0 Å². The lowest BCUT2D eigenvalue weighted by Crippen LogP contribution is -2.00. The van der Waals surface area contributed by atoms with Gasteiger partial charge in [-0.05, 0) is 54.3 Å². The second-order valence-electron chi connectivity index (χ2n) is 5.18. The number of benzene rings is 2. The lowest BCUT2D eigenvalue weighted by molar-refractivity contribution is 0.0696. The summed E-state index contributed by atoms with van der Waals surface area (Å²) in [5, 5.41) is 10.3. The molecule has 3 heteroatoms. The van der Waals surface area contributed by atoms with E-state index in [0.717, 1.165) is 27.6 Å². The largest absolute Gasteiger partial charge is 0.478 e. The smallest absolute Gasteiger partial charge is 0.335 e. The number of aryl methyl sites for hydroxylation is 1. The van der Waals surface area contributed by atoms with Gasteiger partial charge in [-0.2, -0.15) is 0 Å². The van der Waals surface area contributed by atoms with Crippen molar-refractivity contribution in [3.63, 3.8) is 0 Å². The normalized spacial score (nSPS) is 10.7. The van der Waals surface area contributed by atoms with E-state index >= 15 is 0 Å². The molecule has 0 fully saturated rings. The fourth-order valence-electron chi connectivity index (χ4n) is 2.62. The Labute approximate surface area is 122 Å². The van der Waals surface area contributed by atoms with Crippen molar-refractivity contribution in [2.45, 2.75) is 13.3 Å². The molecule has 0 aliphatic heterocycles. The first-order valence-corrected chi connectivity index (χ1v) is 6.80. The molecule has 1 aromatic heterocycles. The quantitative estimate of drug-likeness (QED) is 0.791. The van der Waals surface area contributed by atoms with E-state index in [4.69, 9.17) is 5.11 Å². The first kappa shape index (κ1) is 13.3. The number of hydrogen-bond donors (Lipinski definition) is 1. The molecule has 0 amide bonds. The van der Waals surface area contributed by atoms with Crippen LogP contribution in [0.3, 0.4) is 0 Å². The molecule has 0 spiro atoms. The zero-order valence-electron chi connectivity index (χ0n) is 11.7. The molecule has 0 saturated carbocycles. The van der Waals surface area contributed by atoms with E-state index < -0.39 is 5.97 Å². The fourth-order valence-corrected chi connectivity index (χ4v) is 2.62. The lowest BCUT2D eigenvalue weighted by atomic mass is 9.98. The summed E-state index contributed by atoms with van der Waals surface area (Å²) in [7, 11) is 0. The Morgan fingerprint density at radius 3 is 2.76 bits per heavy atom. The van der Waals surface area contributed by atoms with Gasteiger partial charge in [-0.1, -0.05) is 24.3 Å². The van der Waals surface area contributed by atoms with E-state index in [1.54, 1.807) is 18.3 Å². The van der Waals surface area contributed by atoms with Crippen LogP contribution in [0.5, 0.6) is 0 Å². The number of rotatable bonds is 3. The molecule has 0 unspecified atom stereocenters. The van der Waals surface area contributed by atoms with Crippen molar-refractivity contribution in [1.29, 1.82) is 0 Å². The monoisotopic (exact) mass is 277 g/mol. The number of fused-ring (bicyclic) bond motifs is 1. The summed E-state index contributed by atoms with van der Waals surface area (Å²) in [6.07, 6.45) is 2.50. The molecule has 0 saturated heterocycles. The summed E-state index contributed by atoms with van der Waals surface area (Å²) >= 11 is 0. The summed E-state index contributed by atoms with van der Waals surface area (Å²) < 4.78 is 0. The fraction of sp³-hybridized carbons (Fsp3) is 0.111. The van der Waals surface area contributed by atoms with Crippen LogP contribution in [0.15, 0.2) is 54.7 Å². The maximum atomic E-state index is 11.2. The van der Waals surface area contributed by atoms with Gasteiger partial charge < -0.3 is 5.11 Å². The Hall–Kier alpha value is -2.68. The van der Waals surface area contributed by atoms with Crippen molar-refractivity contribution in [1.82, 2.24) is 4.98 Å². The molecule has 21 heavy (non-hydrogen) atoms. The van der Waals surface area contributed by atoms with Crippen LogP contribution in [0.1, 0.15) is 27.0 Å². The van der Waals surface area contributed by atoms with Crippen LogP contribution >= 0.6 is 0 Å². The predicted octanol–water partition coefficient (Wildman–Crippen LogP) is 3.83. The van der Waals surface area contributed by atoms with E-state index in [0.29, 0.717) is 12.0 Å². The lowest BCUT2D eigenvalue weighted by Gasteiger charge is -2.08. The van der Waals surface area contributed by atoms with Crippen LogP contribution in [-0.2, 0) is 6.42 Å². The topological polar surface area (TPSA) is 50.2 Å². The molecule has 3 aromatic rings. The molecule has 1 N–H and O–H groups in total. The number of aromatic carboxylic acids is 1. The molecule has 2 aromatic carbocycles. The molecular weight excluding hydrogens is 262 g/mol. The summed E-state index contributed by atoms with van der Waals surface area (Å²) in [4.78, 5) is 15.5. The minimum atomic E-state index is -0.889. The zero-order chi connectivity index (χ0) is 14.8. The highest BCUT2D eigenvalue weighted by Crippen LogP contribution is 2.21. The van der Waals surface area contributed by atoms with Crippen molar-refractivity contribution in [2.75, 3.05) is 0 Å². The molecule has 0 aliphatic carbocycles. The van der Waals surface area contributed by atoms with Crippen LogP contribution in [0, 0.1) is 6.92 Å². The number of aromatic nitrogens is 1. The maximum Gasteiger partial charge on any atom is 0.335 e. The molecule has 1 heterocycles. The third-order valence-corrected chi connectivity index (χ3v) is 3.52. The number of pyridine rings is 1. The third-order valence-electron chi connectivity index (χ3n) is 3.52. The first-order valence-electron chi connectivity index (χ1n) is 6.80. The molecular formula is C18H15NO2. The molecule has 104 valence electrons. The number of para-hydroxylation sites is 1. The van der Waals surface area contributed by atoms with Gasteiger partial charge in [0.2, 0.25) is 0 Å². The number of nitrogens with zero attached hydrogens (tertiary/aromatic N) is 1. The van der Waals surface area contributed by atoms with Gasteiger partial charge in [0.25, 0.3) is 0 Å². The van der Waals surface area contributed by atoms with Gasteiger partial charge in [-0.15, -0.1) is 0 Å². The van der Waals surface area contributed by atoms with E-state index in [2.05, 4.69) is 4.98 Å². The highest BCUT2D eigenvalue weighted by Gasteiger charge is 2.08. The van der Waals surface area contributed by atoms with Gasteiger partial charge >= 0.3 is 5.97 Å². The van der Waals surface area contributed by atoms with Gasteiger partial charge in [-0.3, -0.25) is 4.98 Å². The van der Waals surface area contributed by atoms with E-state index in [9.17, 15) is 4.79 Å². The molecule has 3 nitrogen and oxygen atoms in total. The van der Waals surface area contributed by atoms with Gasteiger partial charge in [0, 0.05) is 11.6 Å². The van der Waals surface area contributed by atoms with Gasteiger partial charge in [0.05, 0.1) is 11.1 Å². The van der Waals surface area contributed by atoms with Crippen LogP contribution in [-0.4, -0.2) is 16.1 Å². The molecule has 0 aliphatic rings. The highest BCUT2D eigenvalue weighted by molar-refractivity contribution is 5.88. The number of carboxylic acid groups (broad SMARTS) is 1. The summed E-state index contributed by atoms with van der Waals surface area (Å²) in [6.45, 7) is 1.92. The Kier molecular flexibility index (Phi) is 3.40. The summed E-state index contributed by atoms with van der Waals surface area (Å²) in [5.74, 6) is -0.889. The van der Waals surface area contributed by atoms with Crippen LogP contribution in [0.25, 0.3) is 10.9 Å². The number of carboxylic acids is 1. The second-order valence-corrected chi connectivity index (χ2v) is 5.18. The molecule has 0 radical (unpaired) electrons. The zero-order valence-corrected chi connectivity index (χ0v) is 11.7. The van der Waals surface area contributed by atoms with Crippen molar-refractivity contribution >= 4 is 16.9 Å². The number of hydrogen-bond acceptors (Lipinski definition) is 2. The molecule has 0 bridgehead atoms. The van der Waals surface area contributed by atoms with Crippen LogP contribution < -0.4 is 0 Å². The minimum absolute atomic E-state index is 0.336. The van der Waals surface area contributed by atoms with Crippen molar-refractivity contribution in [3.05, 3.63) is 77.0 Å². The van der Waals surface area contributed by atoms with Crippen molar-refractivity contribution in [3.8, 4) is 0 Å². The van der Waals surface area contributed by atoms with Gasteiger partial charge in [0.15, 0.2) is 0 Å². The Bertz CT molecular complexity index is 819. The van der Waals surface area contributed by atoms with Crippen LogP contribution in [0.2, 0.25) is 0 Å². The standard InChI is InChI=1S/C18H15NO2/c1-12-8-13(11-15(9-12)18(20)21)10-14-6-7-19-17-5-3-2-4-16(14)17/h2-9,11H,10H2,1H3,(H,20,21). The Balaban J connectivity index is 2.05. The number of carbonyl (C=O) groups is 1. The first-order chi connectivity index (χ1) is 10.1. The minimum Gasteiger partial charge on any atom is -0.478 e. The molecule has 3 rings (SSSR count). The SMILES string of the molecule is Cc1cc(Cc2ccnc3ccccc23)cc(C(=O)O)c1. The van der Waals surface area contributed by atoms with Crippen molar-refractivity contribution < 1.29 is 9.90 Å². The van der Waals surface area contributed by atoms with E-state index in [1.165, 1.54) is 0 Å². The van der Waals surface area contributed by atoms with Crippen molar-refractivity contribution in [2.24, 2.45) is 0 Å². The Morgan fingerprint density at radius 2 is 1.95 bits per heavy atom. The second kappa shape index (κ2) is 5.37. The molecule has 0 atom stereocenters.